The van der Waals surface area contributed by atoms with E-state index in [1.54, 1.807) is 0 Å². The van der Waals surface area contributed by atoms with E-state index in [1.165, 1.54) is 44.1 Å². The van der Waals surface area contributed by atoms with Crippen molar-refractivity contribution >= 4 is 11.7 Å². The molecule has 0 spiro atoms. The first-order valence-corrected chi connectivity index (χ1v) is 12.9. The van der Waals surface area contributed by atoms with E-state index in [4.69, 9.17) is 4.74 Å². The van der Waals surface area contributed by atoms with E-state index in [2.05, 4.69) is 23.1 Å². The van der Waals surface area contributed by atoms with E-state index in [0.29, 0.717) is 37.0 Å². The Morgan fingerprint density at radius 2 is 1.77 bits per heavy atom. The van der Waals surface area contributed by atoms with Crippen LogP contribution in [0.3, 0.4) is 0 Å². The number of unbranched alkanes of at least 4 members (excludes halogenated alkanes) is 2. The number of carbonyl (C=O) groups excluding carboxylic acids is 2. The van der Waals surface area contributed by atoms with Crippen LogP contribution in [0.15, 0.2) is 23.8 Å². The maximum absolute atomic E-state index is 12.8. The average molecular weight is 428 g/mol. The lowest BCUT2D eigenvalue weighted by atomic mass is 9.69. The molecule has 4 nitrogen and oxygen atoms in total. The average Bonchev–Trinajstić information content (AvgIpc) is 3.35. The molecule has 4 aliphatic rings. The second-order valence-corrected chi connectivity index (χ2v) is 10.3. The van der Waals surface area contributed by atoms with Gasteiger partial charge in [0.1, 0.15) is 5.78 Å². The molecule has 1 amide bonds. The van der Waals surface area contributed by atoms with Gasteiger partial charge in [0.2, 0.25) is 5.91 Å². The largest absolute Gasteiger partial charge is 0.381 e. The minimum absolute atomic E-state index is 0.0274. The van der Waals surface area contributed by atoms with Crippen molar-refractivity contribution in [3.8, 4) is 0 Å². The molecule has 0 aromatic rings. The summed E-state index contributed by atoms with van der Waals surface area (Å²) in [4.78, 5) is 27.9. The van der Waals surface area contributed by atoms with Crippen molar-refractivity contribution in [2.75, 3.05) is 19.8 Å². The van der Waals surface area contributed by atoms with Gasteiger partial charge in [-0.1, -0.05) is 43.1 Å². The van der Waals surface area contributed by atoms with E-state index in [0.717, 1.165) is 64.2 Å². The number of carbonyl (C=O) groups is 2. The van der Waals surface area contributed by atoms with Gasteiger partial charge >= 0.3 is 0 Å². The van der Waals surface area contributed by atoms with Gasteiger partial charge in [0.15, 0.2) is 0 Å². The Balaban J connectivity index is 1.16. The molecule has 4 heteroatoms. The highest BCUT2D eigenvalue weighted by atomic mass is 16.5. The molecule has 3 fully saturated rings. The first kappa shape index (κ1) is 22.8. The fraction of sp³-hybridized carbons (Fsp3) is 0.778. The number of piperidine rings is 1. The number of ketones is 1. The Kier molecular flexibility index (Phi) is 8.03. The molecule has 2 atom stereocenters. The van der Waals surface area contributed by atoms with Crippen LogP contribution in [-0.4, -0.2) is 42.4 Å². The molecule has 2 saturated heterocycles. The Morgan fingerprint density at radius 3 is 2.58 bits per heavy atom. The van der Waals surface area contributed by atoms with Crippen LogP contribution >= 0.6 is 0 Å². The van der Waals surface area contributed by atoms with Crippen LogP contribution in [0.1, 0.15) is 96.3 Å². The van der Waals surface area contributed by atoms with Gasteiger partial charge in [-0.05, 0) is 63.7 Å². The number of rotatable bonds is 9. The SMILES string of the molecule is O=C(CCCCCC(=O)N1CCCC2CCCCC21)CC1(C2=CC=CC2)CCOCC1. The summed E-state index contributed by atoms with van der Waals surface area (Å²) in [5.41, 5.74) is 1.46. The maximum atomic E-state index is 12.8. The molecule has 1 saturated carbocycles. The van der Waals surface area contributed by atoms with Gasteiger partial charge in [0, 0.05) is 50.5 Å². The quantitative estimate of drug-likeness (QED) is 0.440. The lowest BCUT2D eigenvalue weighted by Crippen LogP contribution is -2.49. The summed E-state index contributed by atoms with van der Waals surface area (Å²) in [6.45, 7) is 2.51. The molecule has 31 heavy (non-hydrogen) atoms. The van der Waals surface area contributed by atoms with Gasteiger partial charge in [-0.3, -0.25) is 9.59 Å². The lowest BCUT2D eigenvalue weighted by Gasteiger charge is -2.44. The van der Waals surface area contributed by atoms with Gasteiger partial charge < -0.3 is 9.64 Å². The number of likely N-dealkylation sites (tertiary alicyclic amines) is 1. The predicted octanol–water partition coefficient (Wildman–Crippen LogP) is 5.76. The number of hydrogen-bond donors (Lipinski definition) is 0. The Hall–Kier alpha value is -1.42. The zero-order valence-corrected chi connectivity index (χ0v) is 19.3. The smallest absolute Gasteiger partial charge is 0.222 e. The summed E-state index contributed by atoms with van der Waals surface area (Å²) in [5, 5.41) is 0. The summed E-state index contributed by atoms with van der Waals surface area (Å²) in [6, 6.07) is 0.520. The highest BCUT2D eigenvalue weighted by molar-refractivity contribution is 5.79. The number of amides is 1. The van der Waals surface area contributed by atoms with Crippen molar-refractivity contribution in [2.45, 2.75) is 102 Å². The molecule has 0 aromatic heterocycles. The normalized spacial score (nSPS) is 27.6. The molecule has 2 aliphatic carbocycles. The zero-order valence-electron chi connectivity index (χ0n) is 19.3. The van der Waals surface area contributed by atoms with E-state index in [1.807, 2.05) is 0 Å². The van der Waals surface area contributed by atoms with Crippen LogP contribution in [-0.2, 0) is 14.3 Å². The Bertz CT molecular complexity index is 687. The van der Waals surface area contributed by atoms with Crippen LogP contribution in [0.25, 0.3) is 0 Å². The van der Waals surface area contributed by atoms with E-state index in [-0.39, 0.29) is 5.41 Å². The van der Waals surface area contributed by atoms with Gasteiger partial charge in [0.25, 0.3) is 0 Å². The summed E-state index contributed by atoms with van der Waals surface area (Å²) < 4.78 is 5.59. The summed E-state index contributed by atoms with van der Waals surface area (Å²) >= 11 is 0. The van der Waals surface area contributed by atoms with Gasteiger partial charge in [0.05, 0.1) is 0 Å². The summed E-state index contributed by atoms with van der Waals surface area (Å²) in [5.74, 6) is 1.51. The van der Waals surface area contributed by atoms with Crippen LogP contribution < -0.4 is 0 Å². The number of Topliss-reactive ketones (excluding diaryl/α,β-unsaturated/α-hetero) is 1. The summed E-state index contributed by atoms with van der Waals surface area (Å²) in [6.07, 6.45) is 22.0. The number of allylic oxidation sites excluding steroid dienone is 4. The third-order valence-corrected chi connectivity index (χ3v) is 8.35. The maximum Gasteiger partial charge on any atom is 0.222 e. The van der Waals surface area contributed by atoms with Gasteiger partial charge in [-0.25, -0.2) is 0 Å². The van der Waals surface area contributed by atoms with Crippen molar-refractivity contribution < 1.29 is 14.3 Å². The van der Waals surface area contributed by atoms with Gasteiger partial charge in [-0.2, -0.15) is 0 Å². The molecular weight excluding hydrogens is 386 g/mol. The first-order chi connectivity index (χ1) is 15.2. The van der Waals surface area contributed by atoms with Crippen LogP contribution in [0.5, 0.6) is 0 Å². The van der Waals surface area contributed by atoms with Crippen LogP contribution in [0.4, 0.5) is 0 Å². The molecular formula is C27H41NO3. The third kappa shape index (κ3) is 5.69. The number of nitrogens with zero attached hydrogens (tertiary/aromatic N) is 1. The zero-order chi connectivity index (χ0) is 21.5. The predicted molar refractivity (Wildman–Crippen MR) is 124 cm³/mol. The van der Waals surface area contributed by atoms with Crippen molar-refractivity contribution in [2.24, 2.45) is 11.3 Å². The van der Waals surface area contributed by atoms with E-state index >= 15 is 0 Å². The molecule has 4 rings (SSSR count). The Morgan fingerprint density at radius 1 is 1.00 bits per heavy atom. The first-order valence-electron chi connectivity index (χ1n) is 12.9. The highest BCUT2D eigenvalue weighted by Gasteiger charge is 2.38. The number of ether oxygens (including phenoxy) is 1. The highest BCUT2D eigenvalue weighted by Crippen LogP contribution is 2.45. The standard InChI is InChI=1S/C27H41NO3/c29-24(21-27(16-19-31-20-17-27)23-11-5-6-12-23)13-2-1-3-15-26(30)28-18-8-10-22-9-4-7-14-25(22)28/h5-6,11,22,25H,1-4,7-10,12-21H2. The van der Waals surface area contributed by atoms with Crippen molar-refractivity contribution in [1.29, 1.82) is 0 Å². The topological polar surface area (TPSA) is 46.6 Å². The molecule has 172 valence electrons. The fourth-order valence-corrected chi connectivity index (χ4v) is 6.53. The molecule has 0 radical (unpaired) electrons. The monoisotopic (exact) mass is 427 g/mol. The number of fused-ring (bicyclic) bond motifs is 1. The molecule has 2 unspecified atom stereocenters. The molecule has 0 aromatic carbocycles. The summed E-state index contributed by atoms with van der Waals surface area (Å²) in [7, 11) is 0. The Labute approximate surface area is 188 Å². The fourth-order valence-electron chi connectivity index (χ4n) is 6.53. The lowest BCUT2D eigenvalue weighted by molar-refractivity contribution is -0.137. The van der Waals surface area contributed by atoms with Gasteiger partial charge in [-0.15, -0.1) is 0 Å². The second-order valence-electron chi connectivity index (χ2n) is 10.3. The van der Waals surface area contributed by atoms with E-state index < -0.39 is 0 Å². The molecule has 2 aliphatic heterocycles. The van der Waals surface area contributed by atoms with Crippen molar-refractivity contribution in [1.82, 2.24) is 4.90 Å². The van der Waals surface area contributed by atoms with E-state index in [9.17, 15) is 9.59 Å². The molecule has 0 bridgehead atoms. The minimum atomic E-state index is 0.0274. The molecule has 2 heterocycles. The third-order valence-electron chi connectivity index (χ3n) is 8.35. The van der Waals surface area contributed by atoms with Crippen LogP contribution in [0, 0.1) is 11.3 Å². The number of hydrogen-bond acceptors (Lipinski definition) is 3. The van der Waals surface area contributed by atoms with Crippen molar-refractivity contribution in [3.05, 3.63) is 23.8 Å². The van der Waals surface area contributed by atoms with Crippen molar-refractivity contribution in [3.63, 3.8) is 0 Å². The van der Waals surface area contributed by atoms with Crippen LogP contribution in [0.2, 0.25) is 0 Å². The minimum Gasteiger partial charge on any atom is -0.381 e. The molecule has 0 N–H and O–H groups in total. The second kappa shape index (κ2) is 10.9.